The maximum Gasteiger partial charge on any atom is 0.244 e. The molecule has 3 heterocycles. The number of hydrogen-bond acceptors (Lipinski definition) is 5. The summed E-state index contributed by atoms with van der Waals surface area (Å²) in [6.07, 6.45) is 3.89. The van der Waals surface area contributed by atoms with Crippen LogP contribution in [0.4, 0.5) is 0 Å². The predicted molar refractivity (Wildman–Crippen MR) is 124 cm³/mol. The van der Waals surface area contributed by atoms with Gasteiger partial charge >= 0.3 is 0 Å². The van der Waals surface area contributed by atoms with Crippen LogP contribution in [0.25, 0.3) is 16.5 Å². The van der Waals surface area contributed by atoms with E-state index in [1.807, 2.05) is 42.6 Å². The highest BCUT2D eigenvalue weighted by molar-refractivity contribution is 7.17. The minimum absolute atomic E-state index is 0.0564. The van der Waals surface area contributed by atoms with Crippen LogP contribution in [-0.2, 0) is 11.2 Å². The van der Waals surface area contributed by atoms with Crippen molar-refractivity contribution >= 4 is 52.0 Å². The Hall–Kier alpha value is -2.41. The summed E-state index contributed by atoms with van der Waals surface area (Å²) in [6, 6.07) is 9.72. The molecule has 4 rings (SSSR count). The Labute approximate surface area is 188 Å². The number of hydrogen-bond donors (Lipinski definition) is 1. The zero-order valence-corrected chi connectivity index (χ0v) is 18.9. The number of aryl methyl sites for hydroxylation is 1. The molecule has 4 nitrogen and oxygen atoms in total. The summed E-state index contributed by atoms with van der Waals surface area (Å²) >= 11 is 9.52. The fraction of sp³-hybridized carbons (Fsp3) is 0.217. The third-order valence-corrected chi connectivity index (χ3v) is 7.38. The number of Topliss-reactive ketones (excluding diaryl/α,β-unsaturated/α-hetero) is 1. The first-order valence-electron chi connectivity index (χ1n) is 9.51. The van der Waals surface area contributed by atoms with E-state index in [2.05, 4.69) is 11.4 Å². The third-order valence-electron chi connectivity index (χ3n) is 4.88. The molecule has 154 valence electrons. The van der Waals surface area contributed by atoms with E-state index in [-0.39, 0.29) is 17.8 Å². The average molecular weight is 458 g/mol. The largest absolute Gasteiger partial charge is 0.486 e. The van der Waals surface area contributed by atoms with Crippen LogP contribution in [-0.4, -0.2) is 24.3 Å². The molecule has 1 amide bonds. The summed E-state index contributed by atoms with van der Waals surface area (Å²) in [5.41, 5.74) is 3.14. The Balaban J connectivity index is 1.40. The van der Waals surface area contributed by atoms with Crippen LogP contribution in [0.1, 0.15) is 32.6 Å². The molecule has 30 heavy (non-hydrogen) atoms. The summed E-state index contributed by atoms with van der Waals surface area (Å²) < 4.78 is 5.97. The van der Waals surface area contributed by atoms with Crippen molar-refractivity contribution in [3.05, 3.63) is 67.7 Å². The topological polar surface area (TPSA) is 55.4 Å². The third kappa shape index (κ3) is 4.51. The van der Waals surface area contributed by atoms with Crippen LogP contribution in [0.3, 0.4) is 0 Å². The quantitative estimate of drug-likeness (QED) is 0.377. The van der Waals surface area contributed by atoms with E-state index < -0.39 is 0 Å². The van der Waals surface area contributed by atoms with Gasteiger partial charge in [-0.05, 0) is 66.8 Å². The predicted octanol–water partition coefficient (Wildman–Crippen LogP) is 5.77. The SMILES string of the molecule is CC(=O)c1ccc(-c2cc(Cl)c3c(c2)CC(CNC(=O)C=Cc2sccc2C)O3)s1. The number of carbonyl (C=O) groups excluding carboxylic acids is 2. The van der Waals surface area contributed by atoms with E-state index in [0.717, 1.165) is 31.3 Å². The Morgan fingerprint density at radius 2 is 2.13 bits per heavy atom. The van der Waals surface area contributed by atoms with E-state index in [9.17, 15) is 9.59 Å². The van der Waals surface area contributed by atoms with Gasteiger partial charge in [0.1, 0.15) is 11.9 Å². The molecule has 3 aromatic rings. The van der Waals surface area contributed by atoms with Gasteiger partial charge < -0.3 is 10.1 Å². The standard InChI is InChI=1S/C23H20ClNO3S2/c1-13-7-8-29-19(13)5-6-22(27)25-12-17-10-16-9-15(11-18(24)23(16)28-17)21-4-3-20(30-21)14(2)26/h3-9,11,17H,10,12H2,1-2H3,(H,25,27). The summed E-state index contributed by atoms with van der Waals surface area (Å²) in [4.78, 5) is 26.5. The van der Waals surface area contributed by atoms with Crippen molar-refractivity contribution in [3.8, 4) is 16.2 Å². The van der Waals surface area contributed by atoms with Crippen LogP contribution in [0.15, 0.2) is 41.8 Å². The first-order chi connectivity index (χ1) is 14.4. The number of ether oxygens (including phenoxy) is 1. The molecule has 0 saturated carbocycles. The van der Waals surface area contributed by atoms with Gasteiger partial charge in [-0.1, -0.05) is 11.6 Å². The Bertz CT molecular complexity index is 1150. The lowest BCUT2D eigenvalue weighted by atomic mass is 10.1. The molecule has 0 radical (unpaired) electrons. The zero-order valence-electron chi connectivity index (χ0n) is 16.5. The molecule has 0 bridgehead atoms. The number of benzene rings is 1. The van der Waals surface area contributed by atoms with Gasteiger partial charge in [-0.25, -0.2) is 0 Å². The van der Waals surface area contributed by atoms with Crippen LogP contribution in [0, 0.1) is 6.92 Å². The second kappa shape index (κ2) is 8.76. The molecular weight excluding hydrogens is 438 g/mol. The number of amides is 1. The maximum atomic E-state index is 12.1. The van der Waals surface area contributed by atoms with E-state index in [1.54, 1.807) is 24.3 Å². The van der Waals surface area contributed by atoms with Gasteiger partial charge in [0.2, 0.25) is 5.91 Å². The smallest absolute Gasteiger partial charge is 0.244 e. The highest BCUT2D eigenvalue weighted by Gasteiger charge is 2.26. The van der Waals surface area contributed by atoms with Gasteiger partial charge in [0.15, 0.2) is 5.78 Å². The minimum Gasteiger partial charge on any atom is -0.486 e. The molecule has 1 N–H and O–H groups in total. The van der Waals surface area contributed by atoms with Crippen molar-refractivity contribution in [2.24, 2.45) is 0 Å². The van der Waals surface area contributed by atoms with Crippen molar-refractivity contribution in [2.45, 2.75) is 26.4 Å². The molecule has 7 heteroatoms. The van der Waals surface area contributed by atoms with Crippen LogP contribution in [0.2, 0.25) is 5.02 Å². The van der Waals surface area contributed by atoms with E-state index in [4.69, 9.17) is 16.3 Å². The first-order valence-corrected chi connectivity index (χ1v) is 11.6. The molecule has 1 unspecified atom stereocenters. The highest BCUT2D eigenvalue weighted by Crippen LogP contribution is 2.41. The van der Waals surface area contributed by atoms with Crippen molar-refractivity contribution in [3.63, 3.8) is 0 Å². The minimum atomic E-state index is -0.162. The van der Waals surface area contributed by atoms with Gasteiger partial charge in [0.25, 0.3) is 0 Å². The van der Waals surface area contributed by atoms with Crippen LogP contribution < -0.4 is 10.1 Å². The van der Waals surface area contributed by atoms with Crippen molar-refractivity contribution in [1.82, 2.24) is 5.32 Å². The molecule has 1 aliphatic rings. The molecule has 2 aromatic heterocycles. The lowest BCUT2D eigenvalue weighted by Gasteiger charge is -2.11. The second-order valence-electron chi connectivity index (χ2n) is 7.16. The van der Waals surface area contributed by atoms with Crippen LogP contribution >= 0.6 is 34.3 Å². The number of ketones is 1. The molecule has 0 fully saturated rings. The summed E-state index contributed by atoms with van der Waals surface area (Å²) in [5, 5.41) is 5.45. The van der Waals surface area contributed by atoms with Gasteiger partial charge in [0.05, 0.1) is 16.4 Å². The van der Waals surface area contributed by atoms with E-state index in [1.165, 1.54) is 11.3 Å². The molecule has 0 aliphatic carbocycles. The lowest BCUT2D eigenvalue weighted by Crippen LogP contribution is -2.33. The Kier molecular flexibility index (Phi) is 6.09. The molecule has 1 aromatic carbocycles. The first kappa shape index (κ1) is 20.8. The fourth-order valence-electron chi connectivity index (χ4n) is 3.31. The lowest BCUT2D eigenvalue weighted by molar-refractivity contribution is -0.116. The van der Waals surface area contributed by atoms with Gasteiger partial charge in [-0.2, -0.15) is 0 Å². The summed E-state index contributed by atoms with van der Waals surface area (Å²) in [6.45, 7) is 3.99. The normalized spacial score (nSPS) is 15.2. The Morgan fingerprint density at radius 1 is 1.30 bits per heavy atom. The van der Waals surface area contributed by atoms with Crippen molar-refractivity contribution in [2.75, 3.05) is 6.54 Å². The maximum absolute atomic E-state index is 12.1. The average Bonchev–Trinajstić information content (AvgIpc) is 3.44. The molecule has 1 atom stereocenters. The molecule has 0 spiro atoms. The number of halogens is 1. The van der Waals surface area contributed by atoms with E-state index in [0.29, 0.717) is 23.7 Å². The molecule has 1 aliphatic heterocycles. The monoisotopic (exact) mass is 457 g/mol. The molecule has 0 saturated heterocycles. The summed E-state index contributed by atoms with van der Waals surface area (Å²) in [7, 11) is 0. The number of rotatable bonds is 6. The van der Waals surface area contributed by atoms with Gasteiger partial charge in [0, 0.05) is 27.8 Å². The fourth-order valence-corrected chi connectivity index (χ4v) is 5.30. The number of fused-ring (bicyclic) bond motifs is 1. The molecular formula is C23H20ClNO3S2. The van der Waals surface area contributed by atoms with Gasteiger partial charge in [-0.3, -0.25) is 9.59 Å². The van der Waals surface area contributed by atoms with Crippen LogP contribution in [0.5, 0.6) is 5.75 Å². The van der Waals surface area contributed by atoms with E-state index >= 15 is 0 Å². The van der Waals surface area contributed by atoms with Crippen molar-refractivity contribution in [1.29, 1.82) is 0 Å². The van der Waals surface area contributed by atoms with Gasteiger partial charge in [-0.15, -0.1) is 22.7 Å². The second-order valence-corrected chi connectivity index (χ2v) is 9.60. The number of nitrogens with one attached hydrogen (secondary N) is 1. The number of thiophene rings is 2. The highest BCUT2D eigenvalue weighted by atomic mass is 35.5. The number of carbonyl (C=O) groups is 2. The van der Waals surface area contributed by atoms with Crippen molar-refractivity contribution < 1.29 is 14.3 Å². The summed E-state index contributed by atoms with van der Waals surface area (Å²) in [5.74, 6) is 0.582. The Morgan fingerprint density at radius 3 is 2.83 bits per heavy atom. The zero-order chi connectivity index (χ0) is 21.3.